The van der Waals surface area contributed by atoms with Gasteiger partial charge in [0.1, 0.15) is 0 Å². The van der Waals surface area contributed by atoms with Crippen molar-refractivity contribution in [2.45, 2.75) is 12.8 Å². The zero-order chi connectivity index (χ0) is 19.2. The molecule has 7 heteroatoms. The van der Waals surface area contributed by atoms with Crippen LogP contribution in [0.4, 0.5) is 0 Å². The summed E-state index contributed by atoms with van der Waals surface area (Å²) in [6.07, 6.45) is 2.48. The number of H-pyrrole nitrogens is 1. The van der Waals surface area contributed by atoms with Crippen LogP contribution >= 0.6 is 0 Å². The summed E-state index contributed by atoms with van der Waals surface area (Å²) in [7, 11) is 3.16. The molecule has 1 N–H and O–H groups in total. The standard InChI is InChI=1S/C20H25N3O4/c1-26-17-6-5-15(12-18(17)27-2)13-19(24)22-8-10-23(11-9-22)20(25)14-16-4-3-7-21-16/h3-7,12,21H,8-11,13-14H2,1-2H3. The summed E-state index contributed by atoms with van der Waals surface area (Å²) in [5.74, 6) is 1.40. The van der Waals surface area contributed by atoms with Gasteiger partial charge in [0.25, 0.3) is 0 Å². The Hall–Kier alpha value is -2.96. The third kappa shape index (κ3) is 4.61. The van der Waals surface area contributed by atoms with E-state index in [1.165, 1.54) is 0 Å². The minimum Gasteiger partial charge on any atom is -0.493 e. The molecule has 0 saturated carbocycles. The number of amides is 2. The van der Waals surface area contributed by atoms with Crippen molar-refractivity contribution in [1.29, 1.82) is 0 Å². The quantitative estimate of drug-likeness (QED) is 0.835. The Bertz CT molecular complexity index is 781. The highest BCUT2D eigenvalue weighted by atomic mass is 16.5. The molecule has 0 bridgehead atoms. The first kappa shape index (κ1) is 18.8. The maximum Gasteiger partial charge on any atom is 0.228 e. The Labute approximate surface area is 158 Å². The second-order valence-electron chi connectivity index (χ2n) is 6.50. The average molecular weight is 371 g/mol. The lowest BCUT2D eigenvalue weighted by Crippen LogP contribution is -2.51. The van der Waals surface area contributed by atoms with Crippen LogP contribution in [0.3, 0.4) is 0 Å². The van der Waals surface area contributed by atoms with E-state index in [4.69, 9.17) is 9.47 Å². The van der Waals surface area contributed by atoms with Crippen molar-refractivity contribution >= 4 is 11.8 Å². The van der Waals surface area contributed by atoms with Gasteiger partial charge in [0.15, 0.2) is 11.5 Å². The summed E-state index contributed by atoms with van der Waals surface area (Å²) in [6, 6.07) is 9.29. The predicted molar refractivity (Wildman–Crippen MR) is 101 cm³/mol. The summed E-state index contributed by atoms with van der Waals surface area (Å²) < 4.78 is 10.5. The van der Waals surface area contributed by atoms with Gasteiger partial charge < -0.3 is 24.3 Å². The predicted octanol–water partition coefficient (Wildman–Crippen LogP) is 1.49. The molecule has 0 aliphatic carbocycles. The molecule has 2 heterocycles. The summed E-state index contributed by atoms with van der Waals surface area (Å²) in [4.78, 5) is 31.6. The summed E-state index contributed by atoms with van der Waals surface area (Å²) in [5, 5.41) is 0. The number of carbonyl (C=O) groups is 2. The van der Waals surface area contributed by atoms with Gasteiger partial charge in [0.05, 0.1) is 27.1 Å². The molecule has 2 aromatic rings. The van der Waals surface area contributed by atoms with E-state index in [9.17, 15) is 9.59 Å². The van der Waals surface area contributed by atoms with Gasteiger partial charge in [-0.05, 0) is 29.8 Å². The SMILES string of the molecule is COc1ccc(CC(=O)N2CCN(C(=O)Cc3ccc[nH]3)CC2)cc1OC. The van der Waals surface area contributed by atoms with Gasteiger partial charge in [-0.2, -0.15) is 0 Å². The second-order valence-corrected chi connectivity index (χ2v) is 6.50. The first-order chi connectivity index (χ1) is 13.1. The highest BCUT2D eigenvalue weighted by Crippen LogP contribution is 2.27. The van der Waals surface area contributed by atoms with Gasteiger partial charge in [-0.1, -0.05) is 6.07 Å². The summed E-state index contributed by atoms with van der Waals surface area (Å²) in [5.41, 5.74) is 1.79. The summed E-state index contributed by atoms with van der Waals surface area (Å²) >= 11 is 0. The van der Waals surface area contributed by atoms with Crippen molar-refractivity contribution in [2.24, 2.45) is 0 Å². The second kappa shape index (κ2) is 8.62. The van der Waals surface area contributed by atoms with Crippen LogP contribution in [0.2, 0.25) is 0 Å². The van der Waals surface area contributed by atoms with Crippen LogP contribution in [-0.4, -0.2) is 67.0 Å². The molecule has 1 saturated heterocycles. The van der Waals surface area contributed by atoms with Gasteiger partial charge in [-0.3, -0.25) is 9.59 Å². The zero-order valence-electron chi connectivity index (χ0n) is 15.7. The van der Waals surface area contributed by atoms with E-state index in [1.807, 2.05) is 40.3 Å². The zero-order valence-corrected chi connectivity index (χ0v) is 15.7. The van der Waals surface area contributed by atoms with E-state index in [0.717, 1.165) is 11.3 Å². The number of rotatable bonds is 6. The third-order valence-corrected chi connectivity index (χ3v) is 4.79. The first-order valence-electron chi connectivity index (χ1n) is 8.99. The van der Waals surface area contributed by atoms with Gasteiger partial charge in [0, 0.05) is 38.1 Å². The van der Waals surface area contributed by atoms with Crippen LogP contribution in [0, 0.1) is 0 Å². The average Bonchev–Trinajstić information content (AvgIpc) is 3.21. The van der Waals surface area contributed by atoms with Gasteiger partial charge in [-0.25, -0.2) is 0 Å². The smallest absolute Gasteiger partial charge is 0.228 e. The minimum atomic E-state index is 0.0543. The number of ether oxygens (including phenoxy) is 2. The van der Waals surface area contributed by atoms with Crippen LogP contribution in [0.15, 0.2) is 36.5 Å². The molecule has 1 aromatic carbocycles. The lowest BCUT2D eigenvalue weighted by molar-refractivity contribution is -0.138. The third-order valence-electron chi connectivity index (χ3n) is 4.79. The van der Waals surface area contributed by atoms with E-state index in [-0.39, 0.29) is 11.8 Å². The molecule has 1 aliphatic rings. The van der Waals surface area contributed by atoms with Crippen molar-refractivity contribution in [2.75, 3.05) is 40.4 Å². The Kier molecular flexibility index (Phi) is 6.01. The molecule has 0 unspecified atom stereocenters. The fourth-order valence-electron chi connectivity index (χ4n) is 3.23. The minimum absolute atomic E-state index is 0.0543. The normalized spacial score (nSPS) is 14.1. The number of benzene rings is 1. The number of aromatic amines is 1. The van der Waals surface area contributed by atoms with Crippen LogP contribution < -0.4 is 9.47 Å². The number of piperazine rings is 1. The molecule has 144 valence electrons. The maximum absolute atomic E-state index is 12.6. The lowest BCUT2D eigenvalue weighted by Gasteiger charge is -2.35. The number of aromatic nitrogens is 1. The fraction of sp³-hybridized carbons (Fsp3) is 0.400. The fourth-order valence-corrected chi connectivity index (χ4v) is 3.23. The number of nitrogens with one attached hydrogen (secondary N) is 1. The molecule has 1 fully saturated rings. The number of methoxy groups -OCH3 is 2. The molecule has 3 rings (SSSR count). The highest BCUT2D eigenvalue weighted by Gasteiger charge is 2.24. The van der Waals surface area contributed by atoms with Crippen LogP contribution in [0.5, 0.6) is 11.5 Å². The van der Waals surface area contributed by atoms with Gasteiger partial charge in [0.2, 0.25) is 11.8 Å². The maximum atomic E-state index is 12.6. The Morgan fingerprint density at radius 1 is 0.926 bits per heavy atom. The van der Waals surface area contributed by atoms with E-state index in [0.29, 0.717) is 50.5 Å². The Morgan fingerprint density at radius 2 is 1.56 bits per heavy atom. The Morgan fingerprint density at radius 3 is 2.11 bits per heavy atom. The summed E-state index contributed by atoms with van der Waals surface area (Å²) in [6.45, 7) is 2.25. The molecule has 1 aromatic heterocycles. The number of carbonyl (C=O) groups excluding carboxylic acids is 2. The van der Waals surface area contributed by atoms with Crippen molar-refractivity contribution in [3.63, 3.8) is 0 Å². The van der Waals surface area contributed by atoms with Crippen molar-refractivity contribution in [3.05, 3.63) is 47.8 Å². The van der Waals surface area contributed by atoms with Gasteiger partial charge in [-0.15, -0.1) is 0 Å². The largest absolute Gasteiger partial charge is 0.493 e. The van der Waals surface area contributed by atoms with E-state index in [1.54, 1.807) is 20.3 Å². The molecule has 2 amide bonds. The first-order valence-corrected chi connectivity index (χ1v) is 8.99. The monoisotopic (exact) mass is 371 g/mol. The topological polar surface area (TPSA) is 74.9 Å². The molecular formula is C20H25N3O4. The van der Waals surface area contributed by atoms with Crippen molar-refractivity contribution < 1.29 is 19.1 Å². The van der Waals surface area contributed by atoms with E-state index < -0.39 is 0 Å². The number of hydrogen-bond donors (Lipinski definition) is 1. The van der Waals surface area contributed by atoms with Crippen molar-refractivity contribution in [1.82, 2.24) is 14.8 Å². The molecule has 1 aliphatic heterocycles. The van der Waals surface area contributed by atoms with Crippen LogP contribution in [0.25, 0.3) is 0 Å². The highest BCUT2D eigenvalue weighted by molar-refractivity contribution is 5.81. The van der Waals surface area contributed by atoms with E-state index in [2.05, 4.69) is 4.98 Å². The molecule has 0 radical (unpaired) electrons. The van der Waals surface area contributed by atoms with Crippen LogP contribution in [-0.2, 0) is 22.4 Å². The Balaban J connectivity index is 1.52. The van der Waals surface area contributed by atoms with Crippen molar-refractivity contribution in [3.8, 4) is 11.5 Å². The molecule has 0 atom stereocenters. The molecular weight excluding hydrogens is 346 g/mol. The van der Waals surface area contributed by atoms with Gasteiger partial charge >= 0.3 is 0 Å². The number of nitrogens with zero attached hydrogens (tertiary/aromatic N) is 2. The van der Waals surface area contributed by atoms with E-state index >= 15 is 0 Å². The molecule has 7 nitrogen and oxygen atoms in total. The molecule has 0 spiro atoms. The lowest BCUT2D eigenvalue weighted by atomic mass is 10.1. The number of hydrogen-bond acceptors (Lipinski definition) is 4. The molecule has 27 heavy (non-hydrogen) atoms. The van der Waals surface area contributed by atoms with Crippen LogP contribution in [0.1, 0.15) is 11.3 Å².